The molecule has 1 aliphatic rings. The maximum atomic E-state index is 6.15. The highest BCUT2D eigenvalue weighted by atomic mass is 35.5. The van der Waals surface area contributed by atoms with Gasteiger partial charge in [0.1, 0.15) is 0 Å². The summed E-state index contributed by atoms with van der Waals surface area (Å²) >= 11 is 6.15. The van der Waals surface area contributed by atoms with Crippen molar-refractivity contribution in [3.8, 4) is 0 Å². The first-order chi connectivity index (χ1) is 8.64. The molecule has 0 bridgehead atoms. The van der Waals surface area contributed by atoms with Gasteiger partial charge in [0, 0.05) is 12.4 Å². The summed E-state index contributed by atoms with van der Waals surface area (Å²) < 4.78 is 5.83. The Morgan fingerprint density at radius 3 is 2.61 bits per heavy atom. The van der Waals surface area contributed by atoms with Gasteiger partial charge < -0.3 is 10.1 Å². The third-order valence-corrected chi connectivity index (χ3v) is 4.25. The van der Waals surface area contributed by atoms with Gasteiger partial charge in [0.25, 0.3) is 0 Å². The highest BCUT2D eigenvalue weighted by Crippen LogP contribution is 2.24. The van der Waals surface area contributed by atoms with E-state index in [1.807, 2.05) is 6.07 Å². The van der Waals surface area contributed by atoms with Gasteiger partial charge in [0.05, 0.1) is 17.7 Å². The number of hydrogen-bond acceptors (Lipinski definition) is 2. The van der Waals surface area contributed by atoms with Crippen molar-refractivity contribution in [3.05, 3.63) is 35.9 Å². The van der Waals surface area contributed by atoms with E-state index in [-0.39, 0.29) is 5.54 Å². The summed E-state index contributed by atoms with van der Waals surface area (Å²) in [7, 11) is 0. The molecule has 100 valence electrons. The molecule has 3 heteroatoms. The lowest BCUT2D eigenvalue weighted by atomic mass is 9.94. The highest BCUT2D eigenvalue weighted by molar-refractivity contribution is 6.18. The van der Waals surface area contributed by atoms with E-state index in [1.165, 1.54) is 5.56 Å². The molecule has 0 saturated carbocycles. The molecule has 1 heterocycles. The van der Waals surface area contributed by atoms with E-state index in [2.05, 4.69) is 43.4 Å². The van der Waals surface area contributed by atoms with Crippen LogP contribution in [0.15, 0.2) is 30.3 Å². The topological polar surface area (TPSA) is 21.3 Å². The minimum atomic E-state index is -0.183. The van der Waals surface area contributed by atoms with Gasteiger partial charge in [0.15, 0.2) is 0 Å². The molecule has 3 atom stereocenters. The predicted octanol–water partition coefficient (Wildman–Crippen LogP) is 3.30. The molecule has 3 unspecified atom stereocenters. The molecule has 0 amide bonds. The number of rotatable bonds is 5. The fourth-order valence-corrected chi connectivity index (χ4v) is 2.66. The Balaban J connectivity index is 1.96. The van der Waals surface area contributed by atoms with Crippen LogP contribution in [0, 0.1) is 0 Å². The standard InChI is InChI=1S/C15H22ClNO/c1-12-8-9-14(18-12)10-17-15(2,11-16)13-6-4-3-5-7-13/h3-7,12,14,17H,8-11H2,1-2H3. The zero-order valence-electron chi connectivity index (χ0n) is 11.2. The largest absolute Gasteiger partial charge is 0.374 e. The number of hydrogen-bond donors (Lipinski definition) is 1. The van der Waals surface area contributed by atoms with Gasteiger partial charge in [-0.1, -0.05) is 30.3 Å². The van der Waals surface area contributed by atoms with E-state index in [0.29, 0.717) is 18.1 Å². The molecular weight excluding hydrogens is 246 g/mol. The summed E-state index contributed by atoms with van der Waals surface area (Å²) in [4.78, 5) is 0. The van der Waals surface area contributed by atoms with Crippen LogP contribution >= 0.6 is 11.6 Å². The van der Waals surface area contributed by atoms with E-state index in [1.54, 1.807) is 0 Å². The number of halogens is 1. The predicted molar refractivity (Wildman–Crippen MR) is 76.1 cm³/mol. The van der Waals surface area contributed by atoms with Crippen molar-refractivity contribution in [3.63, 3.8) is 0 Å². The Morgan fingerprint density at radius 1 is 1.33 bits per heavy atom. The first kappa shape index (κ1) is 13.9. The van der Waals surface area contributed by atoms with Crippen LogP contribution in [0.1, 0.15) is 32.3 Å². The molecule has 1 N–H and O–H groups in total. The number of ether oxygens (including phenoxy) is 1. The maximum absolute atomic E-state index is 6.15. The normalized spacial score (nSPS) is 27.1. The third-order valence-electron chi connectivity index (χ3n) is 3.72. The SMILES string of the molecule is CC1CCC(CNC(C)(CCl)c2ccccc2)O1. The van der Waals surface area contributed by atoms with Crippen LogP contribution in [0.3, 0.4) is 0 Å². The molecule has 1 aromatic rings. The van der Waals surface area contributed by atoms with E-state index >= 15 is 0 Å². The average Bonchev–Trinajstić information content (AvgIpc) is 2.83. The summed E-state index contributed by atoms with van der Waals surface area (Å²) in [5.74, 6) is 0.555. The minimum absolute atomic E-state index is 0.183. The van der Waals surface area contributed by atoms with Crippen molar-refractivity contribution in [2.45, 2.75) is 44.4 Å². The Labute approximate surface area is 115 Å². The third kappa shape index (κ3) is 3.25. The van der Waals surface area contributed by atoms with Gasteiger partial charge in [-0.2, -0.15) is 0 Å². The van der Waals surface area contributed by atoms with E-state index in [0.717, 1.165) is 19.4 Å². The van der Waals surface area contributed by atoms with Crippen molar-refractivity contribution in [1.82, 2.24) is 5.32 Å². The number of nitrogens with one attached hydrogen (secondary N) is 1. The van der Waals surface area contributed by atoms with E-state index in [9.17, 15) is 0 Å². The van der Waals surface area contributed by atoms with E-state index in [4.69, 9.17) is 16.3 Å². The Morgan fingerprint density at radius 2 is 2.06 bits per heavy atom. The summed E-state index contributed by atoms with van der Waals surface area (Å²) in [5.41, 5.74) is 1.05. The van der Waals surface area contributed by atoms with Gasteiger partial charge in [-0.05, 0) is 32.3 Å². The van der Waals surface area contributed by atoms with Gasteiger partial charge in [-0.25, -0.2) is 0 Å². The molecule has 0 radical (unpaired) electrons. The lowest BCUT2D eigenvalue weighted by Crippen LogP contribution is -2.45. The van der Waals surface area contributed by atoms with Gasteiger partial charge >= 0.3 is 0 Å². The summed E-state index contributed by atoms with van der Waals surface area (Å²) in [6, 6.07) is 10.4. The molecule has 0 aliphatic carbocycles. The Hall–Kier alpha value is -0.570. The van der Waals surface area contributed by atoms with Crippen molar-refractivity contribution in [2.24, 2.45) is 0 Å². The zero-order chi connectivity index (χ0) is 13.0. The van der Waals surface area contributed by atoms with Crippen LogP contribution in [0.25, 0.3) is 0 Å². The quantitative estimate of drug-likeness (QED) is 0.827. The van der Waals surface area contributed by atoms with Crippen LogP contribution in [0.5, 0.6) is 0 Å². The first-order valence-corrected chi connectivity index (χ1v) is 7.19. The molecule has 1 aromatic carbocycles. The lowest BCUT2D eigenvalue weighted by Gasteiger charge is -2.30. The number of alkyl halides is 1. The second kappa shape index (κ2) is 6.05. The molecule has 2 nitrogen and oxygen atoms in total. The van der Waals surface area contributed by atoms with Crippen LogP contribution in [0.4, 0.5) is 0 Å². The molecule has 2 rings (SSSR count). The van der Waals surface area contributed by atoms with Crippen molar-refractivity contribution >= 4 is 11.6 Å². The number of benzene rings is 1. The molecular formula is C15H22ClNO. The molecule has 1 saturated heterocycles. The van der Waals surface area contributed by atoms with Gasteiger partial charge in [-0.15, -0.1) is 11.6 Å². The van der Waals surface area contributed by atoms with Crippen molar-refractivity contribution in [2.75, 3.05) is 12.4 Å². The van der Waals surface area contributed by atoms with Crippen molar-refractivity contribution < 1.29 is 4.74 Å². The summed E-state index contributed by atoms with van der Waals surface area (Å²) in [6.45, 7) is 5.15. The van der Waals surface area contributed by atoms with Gasteiger partial charge in [0.2, 0.25) is 0 Å². The fourth-order valence-electron chi connectivity index (χ4n) is 2.41. The second-order valence-corrected chi connectivity index (χ2v) is 5.63. The monoisotopic (exact) mass is 267 g/mol. The average molecular weight is 268 g/mol. The smallest absolute Gasteiger partial charge is 0.0704 e. The maximum Gasteiger partial charge on any atom is 0.0704 e. The van der Waals surface area contributed by atoms with Crippen molar-refractivity contribution in [1.29, 1.82) is 0 Å². The van der Waals surface area contributed by atoms with Crippen LogP contribution in [-0.2, 0) is 10.3 Å². The van der Waals surface area contributed by atoms with Crippen LogP contribution in [-0.4, -0.2) is 24.6 Å². The lowest BCUT2D eigenvalue weighted by molar-refractivity contribution is 0.0517. The summed E-state index contributed by atoms with van der Waals surface area (Å²) in [5, 5.41) is 3.57. The highest BCUT2D eigenvalue weighted by Gasteiger charge is 2.28. The summed E-state index contributed by atoms with van der Waals surface area (Å²) in [6.07, 6.45) is 3.03. The van der Waals surface area contributed by atoms with E-state index < -0.39 is 0 Å². The fraction of sp³-hybridized carbons (Fsp3) is 0.600. The van der Waals surface area contributed by atoms with Gasteiger partial charge in [-0.3, -0.25) is 0 Å². The molecule has 18 heavy (non-hydrogen) atoms. The Bertz CT molecular complexity index is 370. The minimum Gasteiger partial charge on any atom is -0.374 e. The van der Waals surface area contributed by atoms with Crippen LogP contribution < -0.4 is 5.32 Å². The molecule has 1 aliphatic heterocycles. The first-order valence-electron chi connectivity index (χ1n) is 6.66. The van der Waals surface area contributed by atoms with Crippen LogP contribution in [0.2, 0.25) is 0 Å². The second-order valence-electron chi connectivity index (χ2n) is 5.36. The molecule has 0 spiro atoms. The Kier molecular flexibility index (Phi) is 4.66. The zero-order valence-corrected chi connectivity index (χ0v) is 11.9. The molecule has 0 aromatic heterocycles. The molecule has 1 fully saturated rings.